The Labute approximate surface area is 197 Å². The number of methoxy groups -OCH3 is 1. The van der Waals surface area contributed by atoms with Gasteiger partial charge in [0.05, 0.1) is 18.7 Å². The maximum atomic E-state index is 13.4. The van der Waals surface area contributed by atoms with E-state index in [2.05, 4.69) is 0 Å². The molecule has 33 heavy (non-hydrogen) atoms. The molecule has 2 amide bonds. The average Bonchev–Trinajstić information content (AvgIpc) is 3.50. The fourth-order valence-corrected chi connectivity index (χ4v) is 5.27. The van der Waals surface area contributed by atoms with E-state index < -0.39 is 0 Å². The van der Waals surface area contributed by atoms with Gasteiger partial charge >= 0.3 is 0 Å². The molecule has 1 aromatic heterocycles. The lowest BCUT2D eigenvalue weighted by atomic mass is 10.0. The third-order valence-corrected chi connectivity index (χ3v) is 7.03. The molecule has 2 aliphatic rings. The summed E-state index contributed by atoms with van der Waals surface area (Å²) in [5, 5.41) is 2.02. The molecule has 0 bridgehead atoms. The van der Waals surface area contributed by atoms with Gasteiger partial charge in [-0.15, -0.1) is 11.3 Å². The Morgan fingerprint density at radius 1 is 1.27 bits per heavy atom. The summed E-state index contributed by atoms with van der Waals surface area (Å²) >= 11 is 1.67. The number of fused-ring (bicyclic) bond motifs is 1. The van der Waals surface area contributed by atoms with Crippen molar-refractivity contribution in [2.24, 2.45) is 0 Å². The highest BCUT2D eigenvalue weighted by molar-refractivity contribution is 7.10. The summed E-state index contributed by atoms with van der Waals surface area (Å²) in [4.78, 5) is 30.7. The summed E-state index contributed by atoms with van der Waals surface area (Å²) in [5.41, 5.74) is 1.07. The van der Waals surface area contributed by atoms with Gasteiger partial charge in [0.2, 0.25) is 11.8 Å². The molecule has 9 heteroatoms. The van der Waals surface area contributed by atoms with E-state index in [4.69, 9.17) is 14.2 Å². The van der Waals surface area contributed by atoms with Crippen LogP contribution in [0.15, 0.2) is 35.7 Å². The number of hydrogen-bond donors (Lipinski definition) is 0. The first-order chi connectivity index (χ1) is 16.0. The number of carbonyl (C=O) groups is 2. The summed E-state index contributed by atoms with van der Waals surface area (Å²) in [7, 11) is 1.47. The highest BCUT2D eigenvalue weighted by Crippen LogP contribution is 2.34. The van der Waals surface area contributed by atoms with Crippen LogP contribution in [-0.2, 0) is 25.5 Å². The van der Waals surface area contributed by atoms with Gasteiger partial charge in [-0.05, 0) is 60.5 Å². The number of carbonyl (C=O) groups excluding carboxylic acids is 2. The van der Waals surface area contributed by atoms with E-state index in [1.165, 1.54) is 24.1 Å². The molecule has 2 aliphatic heterocycles. The van der Waals surface area contributed by atoms with Crippen LogP contribution in [0.25, 0.3) is 0 Å². The zero-order valence-corrected chi connectivity index (χ0v) is 19.5. The van der Waals surface area contributed by atoms with Gasteiger partial charge in [0, 0.05) is 31.7 Å². The molecule has 1 saturated heterocycles. The molecule has 0 unspecified atom stereocenters. The Bertz CT molecular complexity index is 945. The minimum Gasteiger partial charge on any atom is -0.491 e. The number of thiophene rings is 1. The van der Waals surface area contributed by atoms with Crippen LogP contribution in [0.5, 0.6) is 5.75 Å². The van der Waals surface area contributed by atoms with Crippen molar-refractivity contribution in [3.63, 3.8) is 0 Å². The van der Waals surface area contributed by atoms with Crippen molar-refractivity contribution in [3.8, 4) is 5.75 Å². The summed E-state index contributed by atoms with van der Waals surface area (Å²) in [6, 6.07) is 7.59. The summed E-state index contributed by atoms with van der Waals surface area (Å²) in [5.74, 6) is -0.152. The van der Waals surface area contributed by atoms with E-state index in [1.807, 2.05) is 11.4 Å². The Kier molecular flexibility index (Phi) is 7.95. The normalized spacial score (nSPS) is 19.9. The summed E-state index contributed by atoms with van der Waals surface area (Å²) in [6.07, 6.45) is 2.55. The number of ether oxygens (including phenoxy) is 3. The first-order valence-electron chi connectivity index (χ1n) is 11.2. The number of hydrogen-bond acceptors (Lipinski definition) is 6. The van der Waals surface area contributed by atoms with Crippen molar-refractivity contribution >= 4 is 23.2 Å². The molecule has 0 N–H and O–H groups in total. The predicted octanol–water partition coefficient (Wildman–Crippen LogP) is 3.05. The van der Waals surface area contributed by atoms with Gasteiger partial charge in [-0.3, -0.25) is 9.59 Å². The standard InChI is InChI=1S/C24H29FN2O5S/c1-30-16-24(29)26(13-19-3-2-11-31-19)14-23(28)27-10-8-22-20(9-12-33-22)21(27)15-32-18-6-4-17(25)5-7-18/h4-7,9,12,19,21H,2-3,8,10-11,13-16H2,1H3/t19-,21+/m0/s1. The van der Waals surface area contributed by atoms with Crippen LogP contribution in [0.4, 0.5) is 4.39 Å². The zero-order chi connectivity index (χ0) is 23.2. The Balaban J connectivity index is 1.48. The number of halogens is 1. The van der Waals surface area contributed by atoms with Crippen molar-refractivity contribution in [1.82, 2.24) is 9.80 Å². The highest BCUT2D eigenvalue weighted by Gasteiger charge is 2.34. The van der Waals surface area contributed by atoms with E-state index in [-0.39, 0.29) is 49.5 Å². The van der Waals surface area contributed by atoms with Gasteiger partial charge < -0.3 is 24.0 Å². The smallest absolute Gasteiger partial charge is 0.249 e. The third kappa shape index (κ3) is 5.90. The summed E-state index contributed by atoms with van der Waals surface area (Å²) < 4.78 is 29.9. The lowest BCUT2D eigenvalue weighted by Gasteiger charge is -2.37. The van der Waals surface area contributed by atoms with Gasteiger partial charge in [0.1, 0.15) is 24.8 Å². The number of nitrogens with zero attached hydrogens (tertiary/aromatic N) is 2. The van der Waals surface area contributed by atoms with E-state index in [0.717, 1.165) is 24.8 Å². The highest BCUT2D eigenvalue weighted by atomic mass is 32.1. The van der Waals surface area contributed by atoms with Crippen LogP contribution in [0.3, 0.4) is 0 Å². The molecule has 2 atom stereocenters. The Morgan fingerprint density at radius 3 is 2.82 bits per heavy atom. The predicted molar refractivity (Wildman–Crippen MR) is 122 cm³/mol. The first-order valence-corrected chi connectivity index (χ1v) is 12.1. The average molecular weight is 477 g/mol. The second kappa shape index (κ2) is 11.1. The Morgan fingerprint density at radius 2 is 2.09 bits per heavy atom. The topological polar surface area (TPSA) is 68.3 Å². The van der Waals surface area contributed by atoms with Gasteiger partial charge in [0.25, 0.3) is 0 Å². The van der Waals surface area contributed by atoms with Crippen molar-refractivity contribution in [2.45, 2.75) is 31.4 Å². The number of rotatable bonds is 9. The molecule has 0 saturated carbocycles. The first kappa shape index (κ1) is 23.7. The van der Waals surface area contributed by atoms with Crippen molar-refractivity contribution in [3.05, 3.63) is 52.0 Å². The molecule has 0 aliphatic carbocycles. The van der Waals surface area contributed by atoms with Gasteiger partial charge in [-0.2, -0.15) is 0 Å². The SMILES string of the molecule is COCC(=O)N(CC(=O)N1CCc2sccc2[C@H]1COc1ccc(F)cc1)C[C@@H]1CCCO1. The largest absolute Gasteiger partial charge is 0.491 e. The van der Waals surface area contributed by atoms with Crippen LogP contribution in [0.1, 0.15) is 29.3 Å². The van der Waals surface area contributed by atoms with Crippen LogP contribution >= 0.6 is 11.3 Å². The van der Waals surface area contributed by atoms with E-state index in [9.17, 15) is 14.0 Å². The molecule has 1 fully saturated rings. The van der Waals surface area contributed by atoms with Gasteiger partial charge in [-0.25, -0.2) is 4.39 Å². The minimum absolute atomic E-state index is 0.0332. The lowest BCUT2D eigenvalue weighted by Crippen LogP contribution is -2.49. The second-order valence-electron chi connectivity index (χ2n) is 8.26. The fourth-order valence-electron chi connectivity index (χ4n) is 4.34. The number of benzene rings is 1. The molecule has 1 aromatic carbocycles. The van der Waals surface area contributed by atoms with Crippen molar-refractivity contribution < 1.29 is 28.2 Å². The quantitative estimate of drug-likeness (QED) is 0.557. The van der Waals surface area contributed by atoms with E-state index in [0.29, 0.717) is 25.4 Å². The molecule has 3 heterocycles. The van der Waals surface area contributed by atoms with Crippen LogP contribution in [0.2, 0.25) is 0 Å². The molecular formula is C24H29FN2O5S. The van der Waals surface area contributed by atoms with Crippen LogP contribution in [-0.4, -0.2) is 74.3 Å². The summed E-state index contributed by atoms with van der Waals surface area (Å²) in [6.45, 7) is 1.75. The molecule has 0 spiro atoms. The van der Waals surface area contributed by atoms with Gasteiger partial charge in [-0.1, -0.05) is 0 Å². The van der Waals surface area contributed by atoms with Crippen molar-refractivity contribution in [1.29, 1.82) is 0 Å². The molecule has 7 nitrogen and oxygen atoms in total. The molecule has 178 valence electrons. The Hall–Kier alpha value is -2.49. The maximum Gasteiger partial charge on any atom is 0.249 e. The second-order valence-corrected chi connectivity index (χ2v) is 9.26. The van der Waals surface area contributed by atoms with Crippen LogP contribution < -0.4 is 4.74 Å². The van der Waals surface area contributed by atoms with Crippen LogP contribution in [0, 0.1) is 5.82 Å². The lowest BCUT2D eigenvalue weighted by molar-refractivity contribution is -0.145. The van der Waals surface area contributed by atoms with Crippen molar-refractivity contribution in [2.75, 3.05) is 46.6 Å². The minimum atomic E-state index is -0.330. The molecule has 4 rings (SSSR count). The molecule has 0 radical (unpaired) electrons. The fraction of sp³-hybridized carbons (Fsp3) is 0.500. The molecule has 2 aromatic rings. The molecular weight excluding hydrogens is 447 g/mol. The monoisotopic (exact) mass is 476 g/mol. The third-order valence-electron chi connectivity index (χ3n) is 6.03. The van der Waals surface area contributed by atoms with E-state index >= 15 is 0 Å². The number of amides is 2. The zero-order valence-electron chi connectivity index (χ0n) is 18.7. The van der Waals surface area contributed by atoms with Gasteiger partial charge in [0.15, 0.2) is 0 Å². The maximum absolute atomic E-state index is 13.4. The van der Waals surface area contributed by atoms with E-state index in [1.54, 1.807) is 33.3 Å².